The van der Waals surface area contributed by atoms with Gasteiger partial charge >= 0.3 is 0 Å². The van der Waals surface area contributed by atoms with Crippen LogP contribution >= 0.6 is 0 Å². The van der Waals surface area contributed by atoms with Gasteiger partial charge in [0.2, 0.25) is 0 Å². The molecule has 0 fully saturated rings. The minimum absolute atomic E-state index is 0.892. The normalized spacial score (nSPS) is 11.7. The van der Waals surface area contributed by atoms with Crippen LogP contribution in [0.5, 0.6) is 0 Å². The second-order valence-electron chi connectivity index (χ2n) is 19.6. The maximum Gasteiger partial charge on any atom is 0.179 e. The summed E-state index contributed by atoms with van der Waals surface area (Å²) in [6.07, 6.45) is 0. The number of para-hydroxylation sites is 4. The molecule has 0 atom stereocenters. The molecule has 0 saturated carbocycles. The van der Waals surface area contributed by atoms with E-state index in [4.69, 9.17) is 4.42 Å². The molecule has 0 N–H and O–H groups in total. The Balaban J connectivity index is 0.871. The van der Waals surface area contributed by atoms with Crippen LogP contribution in [0, 0.1) is 0 Å². The van der Waals surface area contributed by atoms with E-state index in [9.17, 15) is 0 Å². The molecule has 14 rings (SSSR count). The van der Waals surface area contributed by atoms with Gasteiger partial charge in [0.25, 0.3) is 0 Å². The molecule has 0 aliphatic carbocycles. The lowest BCUT2D eigenvalue weighted by atomic mass is 9.96. The van der Waals surface area contributed by atoms with Gasteiger partial charge in [0.1, 0.15) is 11.2 Å². The highest BCUT2D eigenvalue weighted by Gasteiger charge is 2.41. The summed E-state index contributed by atoms with van der Waals surface area (Å²) in [6.45, 7) is 0. The number of hydrogen-bond donors (Lipinski definition) is 0. The lowest BCUT2D eigenvalue weighted by molar-refractivity contribution is 0.670. The van der Waals surface area contributed by atoms with Crippen LogP contribution in [0.15, 0.2) is 308 Å². The Morgan fingerprint density at radius 2 is 0.776 bits per heavy atom. The van der Waals surface area contributed by atoms with Crippen molar-refractivity contribution in [3.05, 3.63) is 303 Å². The minimum atomic E-state index is -2.75. The van der Waals surface area contributed by atoms with E-state index in [0.29, 0.717) is 0 Å². The average Bonchev–Trinajstić information content (AvgIpc) is 4.09. The standard InChI is InChI=1S/C72H50N2OSi/c1-5-21-55(22-6-1)74-68-35-15-13-31-67(68)71-63(32-19-36-69(71)74)53-40-38-51(39-41-53)52-42-44-56(45-43-52)73(58-23-17-20-54(50-58)64-33-18-34-66-65-30-14-16-37-70(65)75-72(64)66)57-46-48-62(49-47-57)76(59-24-7-2-8-25-59,60-26-9-3-10-27-60)61-28-11-4-12-29-61/h1-50H. The third-order valence-electron chi connectivity index (χ3n) is 15.4. The Bertz CT molecular complexity index is 4260. The van der Waals surface area contributed by atoms with E-state index in [0.717, 1.165) is 66.9 Å². The van der Waals surface area contributed by atoms with Crippen molar-refractivity contribution in [2.24, 2.45) is 0 Å². The van der Waals surface area contributed by atoms with Crippen LogP contribution in [-0.2, 0) is 0 Å². The SMILES string of the molecule is c1ccc(-n2c3ccccc3c3c(-c4ccc(-c5ccc(N(c6ccc([Si](c7ccccc7)(c7ccccc7)c7ccccc7)cc6)c6cccc(-c7cccc8c7oc7ccccc78)c6)cc5)cc4)cccc32)cc1. The summed E-state index contributed by atoms with van der Waals surface area (Å²) in [5.74, 6) is 0. The van der Waals surface area contributed by atoms with Gasteiger partial charge in [0, 0.05) is 49.9 Å². The molecule has 0 spiro atoms. The fourth-order valence-electron chi connectivity index (χ4n) is 11.9. The number of hydrogen-bond acceptors (Lipinski definition) is 2. The first-order valence-electron chi connectivity index (χ1n) is 26.1. The van der Waals surface area contributed by atoms with Gasteiger partial charge in [-0.25, -0.2) is 0 Å². The predicted octanol–water partition coefficient (Wildman–Crippen LogP) is 16.5. The molecule has 0 saturated heterocycles. The fourth-order valence-corrected chi connectivity index (χ4v) is 16.7. The van der Waals surface area contributed by atoms with Crippen molar-refractivity contribution in [1.29, 1.82) is 0 Å². The van der Waals surface area contributed by atoms with Crippen LogP contribution in [0.4, 0.5) is 17.1 Å². The molecule has 0 aliphatic heterocycles. The van der Waals surface area contributed by atoms with Crippen molar-refractivity contribution in [2.45, 2.75) is 0 Å². The smallest absolute Gasteiger partial charge is 0.179 e. The molecule has 2 aromatic heterocycles. The number of furan rings is 1. The number of benzene rings is 12. The van der Waals surface area contributed by atoms with Crippen molar-refractivity contribution < 1.29 is 4.42 Å². The molecule has 12 aromatic carbocycles. The first-order chi connectivity index (χ1) is 37.7. The number of fused-ring (bicyclic) bond motifs is 6. The molecule has 14 aromatic rings. The quantitative estimate of drug-likeness (QED) is 0.0951. The second-order valence-corrected chi connectivity index (χ2v) is 23.4. The van der Waals surface area contributed by atoms with Gasteiger partial charge in [-0.15, -0.1) is 0 Å². The van der Waals surface area contributed by atoms with E-state index < -0.39 is 8.07 Å². The summed E-state index contributed by atoms with van der Waals surface area (Å²) in [5.41, 5.74) is 15.4. The summed E-state index contributed by atoms with van der Waals surface area (Å²) in [6, 6.07) is 111. The Hall–Kier alpha value is -9.74. The van der Waals surface area contributed by atoms with Crippen LogP contribution in [0.1, 0.15) is 0 Å². The second kappa shape index (κ2) is 18.9. The predicted molar refractivity (Wildman–Crippen MR) is 323 cm³/mol. The molecule has 0 radical (unpaired) electrons. The van der Waals surface area contributed by atoms with Crippen molar-refractivity contribution in [3.8, 4) is 39.1 Å². The summed E-state index contributed by atoms with van der Waals surface area (Å²) in [5, 5.41) is 10.1. The molecular formula is C72H50N2OSi. The Morgan fingerprint density at radius 3 is 1.43 bits per heavy atom. The lowest BCUT2D eigenvalue weighted by Crippen LogP contribution is -2.74. The average molecular weight is 987 g/mol. The van der Waals surface area contributed by atoms with Crippen LogP contribution < -0.4 is 25.6 Å². The van der Waals surface area contributed by atoms with Crippen molar-refractivity contribution in [3.63, 3.8) is 0 Å². The molecule has 3 nitrogen and oxygen atoms in total. The summed E-state index contributed by atoms with van der Waals surface area (Å²) in [7, 11) is -2.75. The number of anilines is 3. The summed E-state index contributed by atoms with van der Waals surface area (Å²) < 4.78 is 8.98. The molecule has 76 heavy (non-hydrogen) atoms. The van der Waals surface area contributed by atoms with Crippen LogP contribution in [-0.4, -0.2) is 12.6 Å². The van der Waals surface area contributed by atoms with Gasteiger partial charge in [0.05, 0.1) is 11.0 Å². The number of rotatable bonds is 11. The zero-order valence-corrected chi connectivity index (χ0v) is 42.7. The van der Waals surface area contributed by atoms with Gasteiger partial charge in [-0.2, -0.15) is 0 Å². The highest BCUT2D eigenvalue weighted by Crippen LogP contribution is 2.42. The molecule has 4 heteroatoms. The molecule has 0 amide bonds. The number of aromatic nitrogens is 1. The first kappa shape index (κ1) is 44.9. The van der Waals surface area contributed by atoms with Crippen LogP contribution in [0.3, 0.4) is 0 Å². The van der Waals surface area contributed by atoms with Crippen molar-refractivity contribution in [1.82, 2.24) is 4.57 Å². The Labute approximate surface area is 443 Å². The van der Waals surface area contributed by atoms with Gasteiger partial charge in [-0.3, -0.25) is 0 Å². The maximum atomic E-state index is 6.59. The third kappa shape index (κ3) is 7.57. The highest BCUT2D eigenvalue weighted by atomic mass is 28.3. The maximum absolute atomic E-state index is 6.59. The van der Waals surface area contributed by atoms with E-state index >= 15 is 0 Å². The Morgan fingerprint density at radius 1 is 0.303 bits per heavy atom. The topological polar surface area (TPSA) is 21.3 Å². The Kier molecular flexibility index (Phi) is 11.2. The van der Waals surface area contributed by atoms with Gasteiger partial charge in [-0.1, -0.05) is 237 Å². The molecular weight excluding hydrogens is 937 g/mol. The minimum Gasteiger partial charge on any atom is -0.455 e. The van der Waals surface area contributed by atoms with E-state index in [2.05, 4.69) is 307 Å². The zero-order valence-electron chi connectivity index (χ0n) is 41.7. The van der Waals surface area contributed by atoms with Crippen molar-refractivity contribution >= 4 is 89.6 Å². The van der Waals surface area contributed by atoms with Gasteiger partial charge < -0.3 is 13.9 Å². The zero-order chi connectivity index (χ0) is 50.4. The number of nitrogens with zero attached hydrogens (tertiary/aromatic N) is 2. The highest BCUT2D eigenvalue weighted by molar-refractivity contribution is 7.19. The van der Waals surface area contributed by atoms with Crippen LogP contribution in [0.25, 0.3) is 82.8 Å². The summed E-state index contributed by atoms with van der Waals surface area (Å²) >= 11 is 0. The molecule has 0 aliphatic rings. The summed E-state index contributed by atoms with van der Waals surface area (Å²) in [4.78, 5) is 2.39. The molecule has 358 valence electrons. The third-order valence-corrected chi connectivity index (χ3v) is 20.2. The lowest BCUT2D eigenvalue weighted by Gasteiger charge is -2.35. The molecule has 0 unspecified atom stereocenters. The van der Waals surface area contributed by atoms with E-state index in [1.54, 1.807) is 0 Å². The van der Waals surface area contributed by atoms with E-state index in [1.807, 2.05) is 6.07 Å². The van der Waals surface area contributed by atoms with Crippen LogP contribution in [0.2, 0.25) is 0 Å². The van der Waals surface area contributed by atoms with Gasteiger partial charge in [-0.05, 0) is 115 Å². The fraction of sp³-hybridized carbons (Fsp3) is 0. The van der Waals surface area contributed by atoms with E-state index in [1.165, 1.54) is 53.7 Å². The molecule has 0 bridgehead atoms. The largest absolute Gasteiger partial charge is 0.455 e. The van der Waals surface area contributed by atoms with Gasteiger partial charge in [0.15, 0.2) is 8.07 Å². The molecule has 2 heterocycles. The first-order valence-corrected chi connectivity index (χ1v) is 28.1. The van der Waals surface area contributed by atoms with E-state index in [-0.39, 0.29) is 0 Å². The monoisotopic (exact) mass is 986 g/mol. The van der Waals surface area contributed by atoms with Crippen molar-refractivity contribution in [2.75, 3.05) is 4.90 Å².